The normalized spacial score (nSPS) is 28.2. The number of aryl methyl sites for hydroxylation is 1. The summed E-state index contributed by atoms with van der Waals surface area (Å²) in [6.07, 6.45) is 4.27. The number of hydrogen-bond donors (Lipinski definition) is 0. The maximum absolute atomic E-state index is 6.25. The molecule has 1 aliphatic rings. The van der Waals surface area contributed by atoms with Crippen molar-refractivity contribution in [1.82, 2.24) is 19.9 Å². The van der Waals surface area contributed by atoms with Crippen molar-refractivity contribution in [2.75, 3.05) is 6.54 Å². The van der Waals surface area contributed by atoms with Crippen molar-refractivity contribution >= 4 is 11.6 Å². The lowest BCUT2D eigenvalue weighted by Gasteiger charge is -2.35. The molecule has 2 heterocycles. The van der Waals surface area contributed by atoms with E-state index in [1.54, 1.807) is 4.68 Å². The lowest BCUT2D eigenvalue weighted by atomic mass is 10.0. The predicted molar refractivity (Wildman–Crippen MR) is 59.8 cm³/mol. The third-order valence-corrected chi connectivity index (χ3v) is 3.62. The summed E-state index contributed by atoms with van der Waals surface area (Å²) < 4.78 is 1.74. The molecule has 1 aromatic rings. The van der Waals surface area contributed by atoms with Gasteiger partial charge in [-0.05, 0) is 26.3 Å². The Morgan fingerprint density at radius 2 is 2.40 bits per heavy atom. The van der Waals surface area contributed by atoms with Crippen LogP contribution in [-0.4, -0.2) is 37.9 Å². The van der Waals surface area contributed by atoms with Gasteiger partial charge in [0.1, 0.15) is 0 Å². The van der Waals surface area contributed by atoms with Gasteiger partial charge in [0.25, 0.3) is 0 Å². The van der Waals surface area contributed by atoms with Gasteiger partial charge in [-0.1, -0.05) is 5.21 Å². The fraction of sp³-hybridized carbons (Fsp3) is 0.800. The van der Waals surface area contributed by atoms with E-state index >= 15 is 0 Å². The van der Waals surface area contributed by atoms with E-state index < -0.39 is 0 Å². The van der Waals surface area contributed by atoms with Crippen molar-refractivity contribution in [2.24, 2.45) is 7.05 Å². The first-order chi connectivity index (χ1) is 7.16. The fourth-order valence-electron chi connectivity index (χ4n) is 2.06. The van der Waals surface area contributed by atoms with Crippen molar-refractivity contribution < 1.29 is 0 Å². The number of halogens is 1. The smallest absolute Gasteiger partial charge is 0.0967 e. The summed E-state index contributed by atoms with van der Waals surface area (Å²) in [7, 11) is 1.89. The van der Waals surface area contributed by atoms with Crippen LogP contribution in [0.25, 0.3) is 0 Å². The summed E-state index contributed by atoms with van der Waals surface area (Å²) in [5, 5.41) is 8.30. The van der Waals surface area contributed by atoms with E-state index in [4.69, 9.17) is 11.6 Å². The van der Waals surface area contributed by atoms with Gasteiger partial charge in [-0.15, -0.1) is 16.7 Å². The average molecular weight is 229 g/mol. The molecule has 4 nitrogen and oxygen atoms in total. The zero-order valence-electron chi connectivity index (χ0n) is 9.23. The first-order valence-electron chi connectivity index (χ1n) is 5.40. The highest BCUT2D eigenvalue weighted by Crippen LogP contribution is 2.23. The number of likely N-dealkylation sites (tertiary alicyclic amines) is 1. The van der Waals surface area contributed by atoms with Crippen LogP contribution in [0.1, 0.15) is 25.5 Å². The quantitative estimate of drug-likeness (QED) is 0.718. The molecular weight excluding hydrogens is 212 g/mol. The molecular formula is C10H17ClN4. The Balaban J connectivity index is 1.99. The molecule has 2 unspecified atom stereocenters. The van der Waals surface area contributed by atoms with Gasteiger partial charge < -0.3 is 0 Å². The van der Waals surface area contributed by atoms with Crippen molar-refractivity contribution in [3.63, 3.8) is 0 Å². The Morgan fingerprint density at radius 1 is 1.60 bits per heavy atom. The molecule has 1 aliphatic heterocycles. The number of hydrogen-bond acceptors (Lipinski definition) is 3. The monoisotopic (exact) mass is 228 g/mol. The molecule has 2 atom stereocenters. The highest BCUT2D eigenvalue weighted by Gasteiger charge is 2.26. The Labute approximate surface area is 95.2 Å². The van der Waals surface area contributed by atoms with E-state index in [0.29, 0.717) is 6.04 Å². The van der Waals surface area contributed by atoms with E-state index in [1.807, 2.05) is 13.2 Å². The fourth-order valence-corrected chi connectivity index (χ4v) is 2.38. The summed E-state index contributed by atoms with van der Waals surface area (Å²) in [6, 6.07) is 0.433. The minimum atomic E-state index is 0.274. The van der Waals surface area contributed by atoms with Gasteiger partial charge in [0, 0.05) is 31.2 Å². The molecule has 1 saturated heterocycles. The number of alkyl halides is 1. The minimum Gasteiger partial charge on any atom is -0.293 e. The van der Waals surface area contributed by atoms with Crippen LogP contribution >= 0.6 is 11.6 Å². The molecule has 0 spiro atoms. The Hall–Kier alpha value is -0.610. The second-order valence-corrected chi connectivity index (χ2v) is 4.81. The average Bonchev–Trinajstić information content (AvgIpc) is 2.59. The van der Waals surface area contributed by atoms with Gasteiger partial charge in [-0.3, -0.25) is 9.58 Å². The van der Waals surface area contributed by atoms with E-state index in [0.717, 1.165) is 25.2 Å². The maximum Gasteiger partial charge on any atom is 0.0967 e. The van der Waals surface area contributed by atoms with Crippen LogP contribution in [-0.2, 0) is 13.6 Å². The van der Waals surface area contributed by atoms with E-state index in [1.165, 1.54) is 6.42 Å². The van der Waals surface area contributed by atoms with Gasteiger partial charge in [0.05, 0.1) is 5.69 Å². The third-order valence-electron chi connectivity index (χ3n) is 3.04. The van der Waals surface area contributed by atoms with Crippen molar-refractivity contribution in [3.05, 3.63) is 11.9 Å². The Bertz CT molecular complexity index is 325. The van der Waals surface area contributed by atoms with Crippen LogP contribution in [0.4, 0.5) is 0 Å². The van der Waals surface area contributed by atoms with Crippen LogP contribution in [0, 0.1) is 0 Å². The molecule has 0 aromatic carbocycles. The van der Waals surface area contributed by atoms with Crippen molar-refractivity contribution in [2.45, 2.75) is 37.7 Å². The number of nitrogens with zero attached hydrogens (tertiary/aromatic N) is 4. The first kappa shape index (κ1) is 10.9. The third kappa shape index (κ3) is 2.49. The van der Waals surface area contributed by atoms with Gasteiger partial charge in [-0.2, -0.15) is 0 Å². The van der Waals surface area contributed by atoms with Crippen LogP contribution in [0.5, 0.6) is 0 Å². The SMILES string of the molecule is CC1C(Cl)CCCN1Cc1cn(C)nn1. The predicted octanol–water partition coefficient (Wildman–Crippen LogP) is 1.41. The Morgan fingerprint density at radius 3 is 3.07 bits per heavy atom. The second kappa shape index (κ2) is 4.49. The van der Waals surface area contributed by atoms with Crippen LogP contribution < -0.4 is 0 Å². The second-order valence-electron chi connectivity index (χ2n) is 4.25. The number of aromatic nitrogens is 3. The van der Waals surface area contributed by atoms with E-state index in [-0.39, 0.29) is 5.38 Å². The van der Waals surface area contributed by atoms with Crippen LogP contribution in [0.15, 0.2) is 6.20 Å². The molecule has 15 heavy (non-hydrogen) atoms. The summed E-state index contributed by atoms with van der Waals surface area (Å²) in [5.41, 5.74) is 1.02. The Kier molecular flexibility index (Phi) is 3.26. The number of piperidine rings is 1. The van der Waals surface area contributed by atoms with Crippen molar-refractivity contribution in [3.8, 4) is 0 Å². The molecule has 0 amide bonds. The molecule has 1 aromatic heterocycles. The first-order valence-corrected chi connectivity index (χ1v) is 5.84. The van der Waals surface area contributed by atoms with Crippen LogP contribution in [0.2, 0.25) is 0 Å². The summed E-state index contributed by atoms with van der Waals surface area (Å²) in [4.78, 5) is 2.38. The molecule has 0 bridgehead atoms. The lowest BCUT2D eigenvalue weighted by Crippen LogP contribution is -2.43. The highest BCUT2D eigenvalue weighted by atomic mass is 35.5. The molecule has 2 rings (SSSR count). The lowest BCUT2D eigenvalue weighted by molar-refractivity contribution is 0.154. The minimum absolute atomic E-state index is 0.274. The molecule has 84 valence electrons. The molecule has 0 aliphatic carbocycles. The van der Waals surface area contributed by atoms with Gasteiger partial charge in [0.15, 0.2) is 0 Å². The standard InChI is InChI=1S/C10H17ClN4/c1-8-10(11)4-3-5-15(8)7-9-6-14(2)13-12-9/h6,8,10H,3-5,7H2,1-2H3. The van der Waals surface area contributed by atoms with Gasteiger partial charge in [-0.25, -0.2) is 0 Å². The largest absolute Gasteiger partial charge is 0.293 e. The number of rotatable bonds is 2. The highest BCUT2D eigenvalue weighted by molar-refractivity contribution is 6.21. The maximum atomic E-state index is 6.25. The summed E-state index contributed by atoms with van der Waals surface area (Å²) in [5.74, 6) is 0. The summed E-state index contributed by atoms with van der Waals surface area (Å²) >= 11 is 6.25. The molecule has 0 saturated carbocycles. The molecule has 5 heteroatoms. The van der Waals surface area contributed by atoms with Gasteiger partial charge >= 0.3 is 0 Å². The van der Waals surface area contributed by atoms with E-state index in [9.17, 15) is 0 Å². The molecule has 0 N–H and O–H groups in total. The molecule has 0 radical (unpaired) electrons. The van der Waals surface area contributed by atoms with E-state index in [2.05, 4.69) is 22.1 Å². The summed E-state index contributed by atoms with van der Waals surface area (Å²) in [6.45, 7) is 4.16. The van der Waals surface area contributed by atoms with Crippen LogP contribution in [0.3, 0.4) is 0 Å². The zero-order valence-corrected chi connectivity index (χ0v) is 9.98. The topological polar surface area (TPSA) is 34.0 Å². The zero-order chi connectivity index (χ0) is 10.8. The van der Waals surface area contributed by atoms with Gasteiger partial charge in [0.2, 0.25) is 0 Å². The molecule has 1 fully saturated rings. The van der Waals surface area contributed by atoms with Crippen molar-refractivity contribution in [1.29, 1.82) is 0 Å².